The van der Waals surface area contributed by atoms with E-state index in [-0.39, 0.29) is 5.91 Å². The molecule has 0 saturated heterocycles. The van der Waals surface area contributed by atoms with Crippen molar-refractivity contribution in [3.63, 3.8) is 0 Å². The van der Waals surface area contributed by atoms with Crippen molar-refractivity contribution in [2.75, 3.05) is 17.7 Å². The van der Waals surface area contributed by atoms with Crippen LogP contribution in [0.1, 0.15) is 15.4 Å². The Labute approximate surface area is 104 Å². The maximum atomic E-state index is 12.2. The maximum absolute atomic E-state index is 12.2. The normalized spacial score (nSPS) is 10.2. The van der Waals surface area contributed by atoms with Crippen LogP contribution >= 0.6 is 11.3 Å². The molecule has 2 aromatic rings. The number of rotatable bonds is 2. The van der Waals surface area contributed by atoms with Gasteiger partial charge in [-0.2, -0.15) is 0 Å². The lowest BCUT2D eigenvalue weighted by Gasteiger charge is -2.17. The van der Waals surface area contributed by atoms with Crippen LogP contribution in [0.15, 0.2) is 29.8 Å². The molecule has 0 atom stereocenters. The van der Waals surface area contributed by atoms with Gasteiger partial charge in [0.25, 0.3) is 5.91 Å². The Morgan fingerprint density at radius 2 is 2.24 bits per heavy atom. The van der Waals surface area contributed by atoms with Crippen molar-refractivity contribution in [2.45, 2.75) is 6.92 Å². The van der Waals surface area contributed by atoms with Gasteiger partial charge in [0.15, 0.2) is 0 Å². The summed E-state index contributed by atoms with van der Waals surface area (Å²) in [5.74, 6) is -0.0596. The fourth-order valence-corrected chi connectivity index (χ4v) is 2.29. The van der Waals surface area contributed by atoms with Crippen LogP contribution in [0.3, 0.4) is 0 Å². The molecule has 1 aromatic heterocycles. The van der Waals surface area contributed by atoms with Gasteiger partial charge >= 0.3 is 0 Å². The molecule has 5 heteroatoms. The number of carbonyl (C=O) groups is 1. The zero-order chi connectivity index (χ0) is 12.4. The van der Waals surface area contributed by atoms with E-state index < -0.39 is 0 Å². The molecule has 0 bridgehead atoms. The average Bonchev–Trinajstić information content (AvgIpc) is 2.73. The minimum atomic E-state index is -0.0596. The van der Waals surface area contributed by atoms with E-state index in [4.69, 9.17) is 5.73 Å². The van der Waals surface area contributed by atoms with Crippen LogP contribution < -0.4 is 10.6 Å². The first-order chi connectivity index (χ1) is 8.09. The second-order valence-corrected chi connectivity index (χ2v) is 4.58. The van der Waals surface area contributed by atoms with Crippen molar-refractivity contribution in [3.8, 4) is 0 Å². The number of hydrogen-bond acceptors (Lipinski definition) is 4. The fraction of sp³-hybridized carbons (Fsp3) is 0.167. The van der Waals surface area contributed by atoms with Crippen LogP contribution in [0.2, 0.25) is 0 Å². The number of anilines is 2. The van der Waals surface area contributed by atoms with Gasteiger partial charge in [0.05, 0.1) is 11.2 Å². The van der Waals surface area contributed by atoms with Gasteiger partial charge in [-0.15, -0.1) is 11.3 Å². The van der Waals surface area contributed by atoms with Crippen molar-refractivity contribution in [1.82, 2.24) is 4.98 Å². The summed E-state index contributed by atoms with van der Waals surface area (Å²) in [7, 11) is 1.73. The van der Waals surface area contributed by atoms with Gasteiger partial charge in [0, 0.05) is 18.4 Å². The van der Waals surface area contributed by atoms with Crippen LogP contribution in [-0.4, -0.2) is 17.9 Å². The number of nitrogen functional groups attached to an aromatic ring is 1. The molecule has 88 valence electrons. The lowest BCUT2D eigenvalue weighted by atomic mass is 10.2. The summed E-state index contributed by atoms with van der Waals surface area (Å²) in [4.78, 5) is 18.5. The first-order valence-electron chi connectivity index (χ1n) is 5.13. The smallest absolute Gasteiger partial charge is 0.269 e. The third-order valence-electron chi connectivity index (χ3n) is 2.50. The summed E-state index contributed by atoms with van der Waals surface area (Å²) in [6.45, 7) is 1.83. The summed E-state index contributed by atoms with van der Waals surface area (Å²) in [5.41, 5.74) is 9.56. The van der Waals surface area contributed by atoms with E-state index >= 15 is 0 Å². The van der Waals surface area contributed by atoms with E-state index in [0.29, 0.717) is 10.6 Å². The summed E-state index contributed by atoms with van der Waals surface area (Å²) in [5, 5.41) is 0. The van der Waals surface area contributed by atoms with Crippen LogP contribution in [0, 0.1) is 6.92 Å². The standard InChI is InChI=1S/C12H13N3OS/c1-8-11(17-7-14-8)12(16)15(2)10-5-3-4-9(13)6-10/h3-7H,13H2,1-2H3. The second-order valence-electron chi connectivity index (χ2n) is 3.73. The van der Waals surface area contributed by atoms with Gasteiger partial charge in [-0.05, 0) is 25.1 Å². The predicted molar refractivity (Wildman–Crippen MR) is 70.4 cm³/mol. The molecule has 0 unspecified atom stereocenters. The second kappa shape index (κ2) is 4.55. The molecular weight excluding hydrogens is 234 g/mol. The largest absolute Gasteiger partial charge is 0.399 e. The highest BCUT2D eigenvalue weighted by Crippen LogP contribution is 2.21. The third-order valence-corrected chi connectivity index (χ3v) is 3.42. The molecule has 1 heterocycles. The Bertz CT molecular complexity index is 550. The fourth-order valence-electron chi connectivity index (χ4n) is 1.51. The average molecular weight is 247 g/mol. The van der Waals surface area contributed by atoms with Crippen molar-refractivity contribution in [1.29, 1.82) is 0 Å². The molecule has 0 spiro atoms. The minimum Gasteiger partial charge on any atom is -0.399 e. The van der Waals surface area contributed by atoms with E-state index in [1.54, 1.807) is 29.6 Å². The summed E-state index contributed by atoms with van der Waals surface area (Å²) < 4.78 is 0. The van der Waals surface area contributed by atoms with Gasteiger partial charge < -0.3 is 10.6 Å². The number of aryl methyl sites for hydroxylation is 1. The first kappa shape index (κ1) is 11.6. The highest BCUT2D eigenvalue weighted by Gasteiger charge is 2.17. The molecule has 0 saturated carbocycles. The van der Waals surface area contributed by atoms with Crippen molar-refractivity contribution in [3.05, 3.63) is 40.3 Å². The lowest BCUT2D eigenvalue weighted by Crippen LogP contribution is -2.26. The van der Waals surface area contributed by atoms with Gasteiger partial charge in [0.1, 0.15) is 4.88 Å². The summed E-state index contributed by atoms with van der Waals surface area (Å²) in [6.07, 6.45) is 0. The van der Waals surface area contributed by atoms with Crippen LogP contribution in [0.25, 0.3) is 0 Å². The number of thiazole rings is 1. The third kappa shape index (κ3) is 2.29. The molecular formula is C12H13N3OS. The number of hydrogen-bond donors (Lipinski definition) is 1. The number of carbonyl (C=O) groups excluding carboxylic acids is 1. The molecule has 4 nitrogen and oxygen atoms in total. The zero-order valence-corrected chi connectivity index (χ0v) is 10.5. The number of benzene rings is 1. The zero-order valence-electron chi connectivity index (χ0n) is 9.68. The van der Waals surface area contributed by atoms with Crippen molar-refractivity contribution < 1.29 is 4.79 Å². The van der Waals surface area contributed by atoms with E-state index in [9.17, 15) is 4.79 Å². The monoisotopic (exact) mass is 247 g/mol. The minimum absolute atomic E-state index is 0.0596. The summed E-state index contributed by atoms with van der Waals surface area (Å²) in [6, 6.07) is 7.24. The SMILES string of the molecule is Cc1ncsc1C(=O)N(C)c1cccc(N)c1. The first-order valence-corrected chi connectivity index (χ1v) is 6.01. The Morgan fingerprint density at radius 3 is 2.82 bits per heavy atom. The molecule has 0 radical (unpaired) electrons. The Kier molecular flexibility index (Phi) is 3.10. The van der Waals surface area contributed by atoms with Gasteiger partial charge in [-0.25, -0.2) is 4.98 Å². The molecule has 2 N–H and O–H groups in total. The van der Waals surface area contributed by atoms with Crippen LogP contribution in [0.5, 0.6) is 0 Å². The highest BCUT2D eigenvalue weighted by atomic mass is 32.1. The van der Waals surface area contributed by atoms with Crippen molar-refractivity contribution in [2.24, 2.45) is 0 Å². The highest BCUT2D eigenvalue weighted by molar-refractivity contribution is 7.12. The lowest BCUT2D eigenvalue weighted by molar-refractivity contribution is 0.0996. The number of aromatic nitrogens is 1. The van der Waals surface area contributed by atoms with E-state index in [1.807, 2.05) is 19.1 Å². The summed E-state index contributed by atoms with van der Waals surface area (Å²) >= 11 is 1.35. The van der Waals surface area contributed by atoms with Crippen molar-refractivity contribution >= 4 is 28.6 Å². The van der Waals surface area contributed by atoms with Gasteiger partial charge in [0.2, 0.25) is 0 Å². The molecule has 17 heavy (non-hydrogen) atoms. The van der Waals surface area contributed by atoms with Crippen LogP contribution in [-0.2, 0) is 0 Å². The van der Waals surface area contributed by atoms with E-state index in [2.05, 4.69) is 4.98 Å². The molecule has 0 fully saturated rings. The Hall–Kier alpha value is -1.88. The number of nitrogens with zero attached hydrogens (tertiary/aromatic N) is 2. The van der Waals surface area contributed by atoms with E-state index in [0.717, 1.165) is 11.4 Å². The Morgan fingerprint density at radius 1 is 1.47 bits per heavy atom. The molecule has 0 aliphatic carbocycles. The Balaban J connectivity index is 2.30. The maximum Gasteiger partial charge on any atom is 0.269 e. The van der Waals surface area contributed by atoms with Crippen LogP contribution in [0.4, 0.5) is 11.4 Å². The molecule has 0 aliphatic heterocycles. The topological polar surface area (TPSA) is 59.2 Å². The quantitative estimate of drug-likeness (QED) is 0.828. The number of amides is 1. The molecule has 1 amide bonds. The van der Waals surface area contributed by atoms with Gasteiger partial charge in [-0.3, -0.25) is 4.79 Å². The number of nitrogens with two attached hydrogens (primary N) is 1. The predicted octanol–water partition coefficient (Wildman–Crippen LogP) is 2.31. The molecule has 2 rings (SSSR count). The van der Waals surface area contributed by atoms with Gasteiger partial charge in [-0.1, -0.05) is 6.07 Å². The molecule has 1 aromatic carbocycles. The van der Waals surface area contributed by atoms with E-state index in [1.165, 1.54) is 11.3 Å². The molecule has 0 aliphatic rings.